The van der Waals surface area contributed by atoms with Gasteiger partial charge in [-0.05, 0) is 51.7 Å². The zero-order valence-corrected chi connectivity index (χ0v) is 21.6. The van der Waals surface area contributed by atoms with Crippen LogP contribution < -0.4 is 10.1 Å². The number of H-pyrrole nitrogens is 1. The van der Waals surface area contributed by atoms with E-state index in [1.54, 1.807) is 16.0 Å². The molecule has 0 unspecified atom stereocenters. The first kappa shape index (κ1) is 24.9. The summed E-state index contributed by atoms with van der Waals surface area (Å²) in [6, 6.07) is 9.65. The molecule has 10 heteroatoms. The molecule has 3 aromatic rings. The Kier molecular flexibility index (Phi) is 6.90. The maximum absolute atomic E-state index is 13.3. The number of anilines is 1. The number of carbonyl (C=O) groups is 2. The van der Waals surface area contributed by atoms with Crippen molar-refractivity contribution in [2.24, 2.45) is 5.92 Å². The monoisotopic (exact) mass is 506 g/mol. The number of benzene rings is 1. The molecule has 196 valence electrons. The fraction of sp³-hybridized carbons (Fsp3) is 0.481. The Morgan fingerprint density at radius 2 is 1.81 bits per heavy atom. The van der Waals surface area contributed by atoms with Gasteiger partial charge in [-0.15, -0.1) is 0 Å². The molecule has 0 saturated carbocycles. The van der Waals surface area contributed by atoms with Gasteiger partial charge in [0.2, 0.25) is 0 Å². The van der Waals surface area contributed by atoms with E-state index in [-0.39, 0.29) is 18.1 Å². The van der Waals surface area contributed by atoms with Gasteiger partial charge in [0, 0.05) is 25.8 Å². The minimum atomic E-state index is -0.495. The molecular formula is C27H34N6O4. The minimum absolute atomic E-state index is 0.0167. The number of aromatic nitrogens is 3. The predicted octanol–water partition coefficient (Wildman–Crippen LogP) is 3.92. The summed E-state index contributed by atoms with van der Waals surface area (Å²) in [5.74, 6) is 1.76. The third kappa shape index (κ3) is 5.79. The number of aromatic amines is 1. The summed E-state index contributed by atoms with van der Waals surface area (Å²) in [5.41, 5.74) is 0.681. The van der Waals surface area contributed by atoms with Gasteiger partial charge in [-0.1, -0.05) is 18.2 Å². The molecule has 1 aromatic carbocycles. The van der Waals surface area contributed by atoms with Crippen LogP contribution in [0.2, 0.25) is 0 Å². The second-order valence-corrected chi connectivity index (χ2v) is 10.7. The summed E-state index contributed by atoms with van der Waals surface area (Å²) in [6.45, 7) is 8.73. The van der Waals surface area contributed by atoms with Gasteiger partial charge in [-0.25, -0.2) is 14.8 Å². The van der Waals surface area contributed by atoms with Crippen LogP contribution in [0.3, 0.4) is 0 Å². The Balaban J connectivity index is 1.17. The van der Waals surface area contributed by atoms with E-state index in [1.807, 2.05) is 51.1 Å². The highest BCUT2D eigenvalue weighted by Crippen LogP contribution is 2.28. The normalized spacial score (nSPS) is 16.9. The minimum Gasteiger partial charge on any atom is -0.487 e. The number of fused-ring (bicyclic) bond motifs is 1. The zero-order chi connectivity index (χ0) is 26.0. The molecule has 2 fully saturated rings. The largest absolute Gasteiger partial charge is 0.487 e. The van der Waals surface area contributed by atoms with Gasteiger partial charge in [-0.2, -0.15) is 0 Å². The van der Waals surface area contributed by atoms with Crippen LogP contribution in [0.4, 0.5) is 10.6 Å². The number of carbonyl (C=O) groups excluding carboxylic acids is 2. The van der Waals surface area contributed by atoms with Crippen molar-refractivity contribution in [1.82, 2.24) is 24.8 Å². The highest BCUT2D eigenvalue weighted by atomic mass is 16.6. The lowest BCUT2D eigenvalue weighted by Crippen LogP contribution is -2.56. The molecule has 0 radical (unpaired) electrons. The summed E-state index contributed by atoms with van der Waals surface area (Å²) in [4.78, 5) is 41.0. The average molecular weight is 507 g/mol. The van der Waals surface area contributed by atoms with E-state index in [9.17, 15) is 9.59 Å². The molecule has 4 heterocycles. The molecule has 10 nitrogen and oxygen atoms in total. The molecule has 2 aliphatic heterocycles. The van der Waals surface area contributed by atoms with E-state index in [1.165, 1.54) is 6.33 Å². The molecule has 2 N–H and O–H groups in total. The van der Waals surface area contributed by atoms with E-state index < -0.39 is 5.60 Å². The summed E-state index contributed by atoms with van der Waals surface area (Å²) in [6.07, 6.45) is 4.67. The number of nitrogens with zero attached hydrogens (tertiary/aromatic N) is 4. The second-order valence-electron chi connectivity index (χ2n) is 10.7. The van der Waals surface area contributed by atoms with Crippen molar-refractivity contribution in [3.05, 3.63) is 48.4 Å². The quantitative estimate of drug-likeness (QED) is 0.521. The molecule has 0 aliphatic carbocycles. The van der Waals surface area contributed by atoms with E-state index in [2.05, 4.69) is 20.3 Å². The van der Waals surface area contributed by atoms with Crippen LogP contribution in [-0.4, -0.2) is 81.2 Å². The number of hydrogen-bond acceptors (Lipinski definition) is 7. The molecule has 2 aromatic heterocycles. The van der Waals surface area contributed by atoms with Crippen molar-refractivity contribution >= 4 is 28.9 Å². The smallest absolute Gasteiger partial charge is 0.410 e. The van der Waals surface area contributed by atoms with Crippen molar-refractivity contribution in [1.29, 1.82) is 0 Å². The van der Waals surface area contributed by atoms with E-state index in [0.29, 0.717) is 61.1 Å². The van der Waals surface area contributed by atoms with Crippen LogP contribution >= 0.6 is 0 Å². The number of piperidine rings is 1. The van der Waals surface area contributed by atoms with E-state index in [0.717, 1.165) is 18.6 Å². The summed E-state index contributed by atoms with van der Waals surface area (Å²) < 4.78 is 11.4. The Hall–Kier alpha value is -3.82. The van der Waals surface area contributed by atoms with Crippen LogP contribution in [0.15, 0.2) is 42.9 Å². The molecule has 37 heavy (non-hydrogen) atoms. The topological polar surface area (TPSA) is 113 Å². The molecule has 0 spiro atoms. The van der Waals surface area contributed by atoms with Gasteiger partial charge >= 0.3 is 6.09 Å². The fourth-order valence-corrected chi connectivity index (χ4v) is 4.69. The van der Waals surface area contributed by atoms with Gasteiger partial charge < -0.3 is 29.6 Å². The van der Waals surface area contributed by atoms with Gasteiger partial charge in [-0.3, -0.25) is 4.79 Å². The SMILES string of the molecule is CC(C)(C)OC(=O)N1CCC(CNc2ncnc3[nH]cc(C(=O)N4CC(Oc5ccccc5)C4)c23)CC1. The van der Waals surface area contributed by atoms with Crippen molar-refractivity contribution < 1.29 is 19.1 Å². The Morgan fingerprint density at radius 1 is 1.08 bits per heavy atom. The predicted molar refractivity (Wildman–Crippen MR) is 140 cm³/mol. The standard InChI is InChI=1S/C27H34N6O4/c1-27(2,3)37-26(35)32-11-9-18(10-12-32)13-28-23-22-21(14-29-24(22)31-17-30-23)25(34)33-15-20(16-33)36-19-7-5-4-6-8-19/h4-8,14,17-18,20H,9-13,15-16H2,1-3H3,(H2,28,29,30,31). The lowest BCUT2D eigenvalue weighted by Gasteiger charge is -2.38. The number of hydrogen-bond donors (Lipinski definition) is 2. The number of ether oxygens (including phenoxy) is 2. The fourth-order valence-electron chi connectivity index (χ4n) is 4.69. The summed E-state index contributed by atoms with van der Waals surface area (Å²) in [7, 11) is 0. The first-order chi connectivity index (χ1) is 17.8. The number of rotatable bonds is 6. The van der Waals surface area contributed by atoms with Crippen LogP contribution in [0, 0.1) is 5.92 Å². The second kappa shape index (κ2) is 10.3. The average Bonchev–Trinajstić information content (AvgIpc) is 3.29. The van der Waals surface area contributed by atoms with Gasteiger partial charge in [0.05, 0.1) is 24.0 Å². The van der Waals surface area contributed by atoms with Crippen molar-refractivity contribution in [2.45, 2.75) is 45.3 Å². The van der Waals surface area contributed by atoms with Crippen molar-refractivity contribution in [3.8, 4) is 5.75 Å². The van der Waals surface area contributed by atoms with E-state index in [4.69, 9.17) is 9.47 Å². The molecule has 0 atom stereocenters. The summed E-state index contributed by atoms with van der Waals surface area (Å²) >= 11 is 0. The molecule has 2 aliphatic rings. The maximum atomic E-state index is 13.3. The van der Waals surface area contributed by atoms with Gasteiger partial charge in [0.25, 0.3) is 5.91 Å². The highest BCUT2D eigenvalue weighted by molar-refractivity contribution is 6.09. The lowest BCUT2D eigenvalue weighted by atomic mass is 9.97. The Labute approximate surface area is 216 Å². The lowest BCUT2D eigenvalue weighted by molar-refractivity contribution is 0.0178. The van der Waals surface area contributed by atoms with Gasteiger partial charge in [0.15, 0.2) is 0 Å². The maximum Gasteiger partial charge on any atom is 0.410 e. The number of para-hydroxylation sites is 1. The first-order valence-corrected chi connectivity index (χ1v) is 12.8. The molecule has 0 bridgehead atoms. The molecule has 5 rings (SSSR count). The number of likely N-dealkylation sites (tertiary alicyclic amines) is 2. The van der Waals surface area contributed by atoms with Crippen LogP contribution in [0.5, 0.6) is 5.75 Å². The van der Waals surface area contributed by atoms with Crippen LogP contribution in [-0.2, 0) is 4.74 Å². The van der Waals surface area contributed by atoms with Crippen LogP contribution in [0.25, 0.3) is 11.0 Å². The third-order valence-corrected chi connectivity index (χ3v) is 6.71. The summed E-state index contributed by atoms with van der Waals surface area (Å²) in [5, 5.41) is 4.14. The molecule has 2 amide bonds. The third-order valence-electron chi connectivity index (χ3n) is 6.71. The zero-order valence-electron chi connectivity index (χ0n) is 21.6. The van der Waals surface area contributed by atoms with Gasteiger partial charge in [0.1, 0.15) is 35.2 Å². The molecular weight excluding hydrogens is 472 g/mol. The highest BCUT2D eigenvalue weighted by Gasteiger charge is 2.34. The molecule has 2 saturated heterocycles. The van der Waals surface area contributed by atoms with Crippen molar-refractivity contribution in [3.63, 3.8) is 0 Å². The van der Waals surface area contributed by atoms with Crippen molar-refractivity contribution in [2.75, 3.05) is 38.0 Å². The number of amides is 2. The van der Waals surface area contributed by atoms with Crippen LogP contribution in [0.1, 0.15) is 44.0 Å². The Bertz CT molecular complexity index is 1240. The van der Waals surface area contributed by atoms with E-state index >= 15 is 0 Å². The Morgan fingerprint density at radius 3 is 2.51 bits per heavy atom. The first-order valence-electron chi connectivity index (χ1n) is 12.8. The number of nitrogens with one attached hydrogen (secondary N) is 2.